The second kappa shape index (κ2) is 4.95. The summed E-state index contributed by atoms with van der Waals surface area (Å²) in [6.07, 6.45) is 0. The van der Waals surface area contributed by atoms with Crippen LogP contribution >= 0.6 is 22.9 Å². The third-order valence-electron chi connectivity index (χ3n) is 2.18. The van der Waals surface area contributed by atoms with E-state index >= 15 is 0 Å². The Kier molecular flexibility index (Phi) is 3.59. The number of para-hydroxylation sites is 1. The van der Waals surface area contributed by atoms with Crippen molar-refractivity contribution in [1.29, 1.82) is 0 Å². The molecule has 0 amide bonds. The van der Waals surface area contributed by atoms with Gasteiger partial charge in [-0.05, 0) is 19.2 Å². The van der Waals surface area contributed by atoms with Crippen LogP contribution in [0, 0.1) is 0 Å². The van der Waals surface area contributed by atoms with Crippen molar-refractivity contribution in [2.24, 2.45) is 0 Å². The Balaban J connectivity index is 2.12. The minimum Gasteiger partial charge on any atom is -0.295 e. The van der Waals surface area contributed by atoms with E-state index in [1.807, 2.05) is 25.2 Å². The van der Waals surface area contributed by atoms with Gasteiger partial charge < -0.3 is 0 Å². The third kappa shape index (κ3) is 2.82. The van der Waals surface area contributed by atoms with Crippen molar-refractivity contribution in [1.82, 2.24) is 9.88 Å². The summed E-state index contributed by atoms with van der Waals surface area (Å²) in [6, 6.07) is 8.18. The lowest BCUT2D eigenvalue weighted by Gasteiger charge is -2.13. The molecule has 1 heterocycles. The molecule has 2 rings (SSSR count). The average molecular weight is 253 g/mol. The maximum Gasteiger partial charge on any atom is 0.108 e. The van der Waals surface area contributed by atoms with E-state index in [0.29, 0.717) is 11.6 Å². The molecule has 0 aliphatic carbocycles. The fourth-order valence-electron chi connectivity index (χ4n) is 1.57. The minimum atomic E-state index is 0.656. The van der Waals surface area contributed by atoms with Crippen molar-refractivity contribution in [3.05, 3.63) is 40.9 Å². The quantitative estimate of drug-likeness (QED) is 0.828. The molecule has 0 unspecified atom stereocenters. The molecule has 1 aromatic carbocycles. The molecule has 2 aromatic rings. The fourth-order valence-corrected chi connectivity index (χ4v) is 2.82. The van der Waals surface area contributed by atoms with Gasteiger partial charge in [-0.15, -0.1) is 11.3 Å². The molecule has 0 bridgehead atoms. The summed E-state index contributed by atoms with van der Waals surface area (Å²) in [5.74, 6) is 0. The molecule has 0 saturated carbocycles. The van der Waals surface area contributed by atoms with Crippen LogP contribution in [-0.4, -0.2) is 23.5 Å². The lowest BCUT2D eigenvalue weighted by Crippen LogP contribution is -2.18. The van der Waals surface area contributed by atoms with Gasteiger partial charge in [-0.2, -0.15) is 0 Å². The number of rotatable bonds is 4. The number of hydrogen-bond acceptors (Lipinski definition) is 3. The molecule has 0 fully saturated rings. The molecule has 16 heavy (non-hydrogen) atoms. The fraction of sp³-hybridized carbons (Fsp3) is 0.250. The van der Waals surface area contributed by atoms with Gasteiger partial charge in [-0.3, -0.25) is 4.90 Å². The molecule has 2 nitrogen and oxygen atoms in total. The first-order chi connectivity index (χ1) is 7.65. The number of likely N-dealkylation sites (N-methyl/N-ethyl adjacent to an activating group) is 1. The molecule has 0 radical (unpaired) electrons. The Morgan fingerprint density at radius 1 is 1.50 bits per heavy atom. The molecule has 0 aliphatic heterocycles. The van der Waals surface area contributed by atoms with Crippen molar-refractivity contribution < 1.29 is 0 Å². The zero-order valence-electron chi connectivity index (χ0n) is 9.11. The summed E-state index contributed by atoms with van der Waals surface area (Å²) in [5, 5.41) is 1.77. The van der Waals surface area contributed by atoms with Gasteiger partial charge in [0.2, 0.25) is 0 Å². The molecule has 0 saturated heterocycles. The van der Waals surface area contributed by atoms with Crippen LogP contribution in [0.4, 0.5) is 0 Å². The van der Waals surface area contributed by atoms with E-state index in [1.165, 1.54) is 4.70 Å². The SMILES string of the molecule is C=C(Cl)CN(C)Cc1nc2ccccc2s1. The van der Waals surface area contributed by atoms with Gasteiger partial charge in [0, 0.05) is 11.6 Å². The highest BCUT2D eigenvalue weighted by Crippen LogP contribution is 2.22. The average Bonchev–Trinajstić information content (AvgIpc) is 2.57. The van der Waals surface area contributed by atoms with Crippen molar-refractivity contribution in [2.45, 2.75) is 6.54 Å². The zero-order valence-corrected chi connectivity index (χ0v) is 10.7. The standard InChI is InChI=1S/C12H13ClN2S/c1-9(13)7-15(2)8-12-14-10-5-3-4-6-11(10)16-12/h3-6H,1,7-8H2,2H3. The first-order valence-corrected chi connectivity index (χ1v) is 6.21. The highest BCUT2D eigenvalue weighted by Gasteiger charge is 2.06. The normalized spacial score (nSPS) is 11.2. The lowest BCUT2D eigenvalue weighted by atomic mass is 10.3. The van der Waals surface area contributed by atoms with Gasteiger partial charge in [0.1, 0.15) is 5.01 Å². The van der Waals surface area contributed by atoms with E-state index in [9.17, 15) is 0 Å². The number of halogens is 1. The summed E-state index contributed by atoms with van der Waals surface area (Å²) in [7, 11) is 2.01. The van der Waals surface area contributed by atoms with Gasteiger partial charge in [0.15, 0.2) is 0 Å². The van der Waals surface area contributed by atoms with Crippen LogP contribution in [-0.2, 0) is 6.54 Å². The van der Waals surface area contributed by atoms with Crippen LogP contribution in [0.3, 0.4) is 0 Å². The van der Waals surface area contributed by atoms with E-state index in [4.69, 9.17) is 11.6 Å². The molecular weight excluding hydrogens is 240 g/mol. The van der Waals surface area contributed by atoms with E-state index in [-0.39, 0.29) is 0 Å². The van der Waals surface area contributed by atoms with Crippen molar-refractivity contribution in [3.63, 3.8) is 0 Å². The first-order valence-electron chi connectivity index (χ1n) is 5.01. The third-order valence-corrected chi connectivity index (χ3v) is 3.33. The van der Waals surface area contributed by atoms with E-state index in [1.54, 1.807) is 11.3 Å². The van der Waals surface area contributed by atoms with Crippen LogP contribution in [0.15, 0.2) is 35.9 Å². The van der Waals surface area contributed by atoms with Crippen LogP contribution < -0.4 is 0 Å². The molecule has 1 aromatic heterocycles. The zero-order chi connectivity index (χ0) is 11.5. The Hall–Kier alpha value is -0.900. The number of thiazole rings is 1. The summed E-state index contributed by atoms with van der Waals surface area (Å²) in [6.45, 7) is 5.19. The summed E-state index contributed by atoms with van der Waals surface area (Å²) in [4.78, 5) is 6.67. The van der Waals surface area contributed by atoms with Crippen molar-refractivity contribution >= 4 is 33.2 Å². The van der Waals surface area contributed by atoms with Crippen LogP contribution in [0.2, 0.25) is 0 Å². The molecular formula is C12H13ClN2S. The number of aromatic nitrogens is 1. The van der Waals surface area contributed by atoms with Crippen LogP contribution in [0.1, 0.15) is 5.01 Å². The van der Waals surface area contributed by atoms with Crippen molar-refractivity contribution in [2.75, 3.05) is 13.6 Å². The summed E-state index contributed by atoms with van der Waals surface area (Å²) in [5.41, 5.74) is 1.07. The van der Waals surface area contributed by atoms with Crippen LogP contribution in [0.25, 0.3) is 10.2 Å². The van der Waals surface area contributed by atoms with E-state index in [0.717, 1.165) is 17.1 Å². The number of nitrogens with zero attached hydrogens (tertiary/aromatic N) is 2. The molecule has 84 valence electrons. The van der Waals surface area contributed by atoms with Crippen LogP contribution in [0.5, 0.6) is 0 Å². The molecule has 4 heteroatoms. The Morgan fingerprint density at radius 2 is 2.25 bits per heavy atom. The second-order valence-corrected chi connectivity index (χ2v) is 5.41. The van der Waals surface area contributed by atoms with Gasteiger partial charge >= 0.3 is 0 Å². The van der Waals surface area contributed by atoms with Gasteiger partial charge in [-0.25, -0.2) is 4.98 Å². The topological polar surface area (TPSA) is 16.1 Å². The smallest absolute Gasteiger partial charge is 0.108 e. The largest absolute Gasteiger partial charge is 0.295 e. The van der Waals surface area contributed by atoms with E-state index < -0.39 is 0 Å². The van der Waals surface area contributed by atoms with Crippen molar-refractivity contribution in [3.8, 4) is 0 Å². The maximum atomic E-state index is 5.76. The van der Waals surface area contributed by atoms with E-state index in [2.05, 4.69) is 22.5 Å². The van der Waals surface area contributed by atoms with Gasteiger partial charge in [0.25, 0.3) is 0 Å². The molecule has 0 aliphatic rings. The minimum absolute atomic E-state index is 0.656. The molecule has 0 atom stereocenters. The number of benzene rings is 1. The molecule has 0 spiro atoms. The monoisotopic (exact) mass is 252 g/mol. The maximum absolute atomic E-state index is 5.76. The number of hydrogen-bond donors (Lipinski definition) is 0. The summed E-state index contributed by atoms with van der Waals surface area (Å²) >= 11 is 7.49. The Labute approximate surface area is 104 Å². The Morgan fingerprint density at radius 3 is 2.94 bits per heavy atom. The highest BCUT2D eigenvalue weighted by atomic mass is 35.5. The van der Waals surface area contributed by atoms with Gasteiger partial charge in [-0.1, -0.05) is 30.3 Å². The Bertz CT molecular complexity index is 473. The second-order valence-electron chi connectivity index (χ2n) is 3.76. The predicted octanol–water partition coefficient (Wildman–Crippen LogP) is 3.48. The number of fused-ring (bicyclic) bond motifs is 1. The highest BCUT2D eigenvalue weighted by molar-refractivity contribution is 7.18. The summed E-state index contributed by atoms with van der Waals surface area (Å²) < 4.78 is 1.23. The predicted molar refractivity (Wildman–Crippen MR) is 70.9 cm³/mol. The first kappa shape index (κ1) is 11.6. The van der Waals surface area contributed by atoms with Gasteiger partial charge in [0.05, 0.1) is 16.8 Å². The lowest BCUT2D eigenvalue weighted by molar-refractivity contribution is 0.360. The molecule has 0 N–H and O–H groups in total.